The third-order valence-corrected chi connectivity index (χ3v) is 7.53. The monoisotopic (exact) mass is 569 g/mol. The van der Waals surface area contributed by atoms with E-state index < -0.39 is 17.9 Å². The number of carbonyl (C=O) groups excluding carboxylic acids is 3. The molecular weight excluding hydrogens is 538 g/mol. The van der Waals surface area contributed by atoms with Crippen LogP contribution in [0.3, 0.4) is 0 Å². The van der Waals surface area contributed by atoms with Crippen molar-refractivity contribution in [2.45, 2.75) is 45.4 Å². The molecule has 3 heterocycles. The highest BCUT2D eigenvalue weighted by atomic mass is 16.7. The van der Waals surface area contributed by atoms with E-state index in [1.165, 1.54) is 16.5 Å². The van der Waals surface area contributed by atoms with Crippen LogP contribution in [-0.4, -0.2) is 58.6 Å². The number of hydrogen-bond acceptors (Lipinski definition) is 8. The number of para-hydroxylation sites is 1. The summed E-state index contributed by atoms with van der Waals surface area (Å²) in [6.45, 7) is 4.06. The van der Waals surface area contributed by atoms with E-state index in [-0.39, 0.29) is 36.5 Å². The summed E-state index contributed by atoms with van der Waals surface area (Å²) >= 11 is 0. The van der Waals surface area contributed by atoms with Gasteiger partial charge in [-0.3, -0.25) is 19.3 Å². The SMILES string of the molecule is CC(=O)c1cc2c(cc1N(C(=O)Cn1nnc3ccccc31)[C@@H](C(=O)NC[C@@H]1CCCO1)c1ccc(C)cc1)OCO2. The molecule has 1 aromatic heterocycles. The third kappa shape index (κ3) is 5.42. The fraction of sp³-hybridized carbons (Fsp3) is 0.323. The van der Waals surface area contributed by atoms with E-state index in [2.05, 4.69) is 15.6 Å². The van der Waals surface area contributed by atoms with Gasteiger partial charge in [-0.15, -0.1) is 5.10 Å². The zero-order valence-corrected chi connectivity index (χ0v) is 23.4. The number of ether oxygens (including phenoxy) is 3. The molecule has 0 saturated carbocycles. The lowest BCUT2D eigenvalue weighted by atomic mass is 9.99. The molecule has 0 radical (unpaired) electrons. The first-order valence-corrected chi connectivity index (χ1v) is 13.9. The van der Waals surface area contributed by atoms with Crippen LogP contribution in [0.5, 0.6) is 11.5 Å². The number of nitrogens with zero attached hydrogens (tertiary/aromatic N) is 4. The molecule has 216 valence electrons. The van der Waals surface area contributed by atoms with E-state index in [1.807, 2.05) is 49.4 Å². The van der Waals surface area contributed by atoms with Crippen molar-refractivity contribution in [2.24, 2.45) is 0 Å². The maximum Gasteiger partial charge on any atom is 0.249 e. The molecule has 2 aliphatic rings. The fourth-order valence-electron chi connectivity index (χ4n) is 5.35. The molecule has 2 amide bonds. The molecule has 0 unspecified atom stereocenters. The summed E-state index contributed by atoms with van der Waals surface area (Å²) in [7, 11) is 0. The molecular formula is C31H31N5O6. The third-order valence-electron chi connectivity index (χ3n) is 7.53. The number of Topliss-reactive ketones (excluding diaryl/α,β-unsaturated/α-hetero) is 1. The Morgan fingerprint density at radius 2 is 1.83 bits per heavy atom. The summed E-state index contributed by atoms with van der Waals surface area (Å²) in [5.74, 6) is -0.396. The Balaban J connectivity index is 1.47. The van der Waals surface area contributed by atoms with Gasteiger partial charge in [0.05, 0.1) is 17.3 Å². The van der Waals surface area contributed by atoms with Crippen LogP contribution in [0.1, 0.15) is 47.3 Å². The van der Waals surface area contributed by atoms with Crippen molar-refractivity contribution in [3.8, 4) is 11.5 Å². The second-order valence-corrected chi connectivity index (χ2v) is 10.5. The number of amides is 2. The number of rotatable bonds is 9. The van der Waals surface area contributed by atoms with Crippen molar-refractivity contribution in [2.75, 3.05) is 24.8 Å². The number of aryl methyl sites for hydroxylation is 1. The van der Waals surface area contributed by atoms with Crippen molar-refractivity contribution in [3.63, 3.8) is 0 Å². The van der Waals surface area contributed by atoms with E-state index in [0.29, 0.717) is 41.2 Å². The second-order valence-electron chi connectivity index (χ2n) is 10.5. The number of aromatic nitrogens is 3. The maximum absolute atomic E-state index is 14.4. The molecule has 11 heteroatoms. The minimum Gasteiger partial charge on any atom is -0.454 e. The summed E-state index contributed by atoms with van der Waals surface area (Å²) in [4.78, 5) is 42.9. The Labute approximate surface area is 242 Å². The molecule has 6 rings (SSSR count). The van der Waals surface area contributed by atoms with Crippen molar-refractivity contribution in [1.82, 2.24) is 20.3 Å². The van der Waals surface area contributed by atoms with Gasteiger partial charge in [-0.05, 0) is 50.5 Å². The molecule has 1 N–H and O–H groups in total. The van der Waals surface area contributed by atoms with Gasteiger partial charge in [0.1, 0.15) is 18.1 Å². The van der Waals surface area contributed by atoms with E-state index in [1.54, 1.807) is 18.2 Å². The summed E-state index contributed by atoms with van der Waals surface area (Å²) in [6.07, 6.45) is 1.67. The van der Waals surface area contributed by atoms with E-state index >= 15 is 0 Å². The Hall–Kier alpha value is -4.77. The smallest absolute Gasteiger partial charge is 0.249 e. The summed E-state index contributed by atoms with van der Waals surface area (Å²) < 4.78 is 18.4. The first-order valence-electron chi connectivity index (χ1n) is 13.9. The van der Waals surface area contributed by atoms with Gasteiger partial charge in [0.15, 0.2) is 17.3 Å². The van der Waals surface area contributed by atoms with Crippen LogP contribution in [0.4, 0.5) is 5.69 Å². The summed E-state index contributed by atoms with van der Waals surface area (Å²) in [5, 5.41) is 11.4. The van der Waals surface area contributed by atoms with E-state index in [0.717, 1.165) is 18.4 Å². The van der Waals surface area contributed by atoms with Crippen LogP contribution in [0.2, 0.25) is 0 Å². The lowest BCUT2D eigenvalue weighted by molar-refractivity contribution is -0.127. The number of ketones is 1. The number of fused-ring (bicyclic) bond motifs is 2. The van der Waals surface area contributed by atoms with Gasteiger partial charge in [0.2, 0.25) is 18.6 Å². The Kier molecular flexibility index (Phi) is 7.58. The van der Waals surface area contributed by atoms with Crippen molar-refractivity contribution >= 4 is 34.3 Å². The first-order chi connectivity index (χ1) is 20.4. The van der Waals surface area contributed by atoms with Gasteiger partial charge < -0.3 is 19.5 Å². The molecule has 4 aromatic rings. The quantitative estimate of drug-likeness (QED) is 0.302. The van der Waals surface area contributed by atoms with Crippen LogP contribution in [0, 0.1) is 6.92 Å². The minimum atomic E-state index is -1.12. The highest BCUT2D eigenvalue weighted by molar-refractivity contribution is 6.08. The van der Waals surface area contributed by atoms with Crippen molar-refractivity contribution in [3.05, 3.63) is 77.4 Å². The Bertz CT molecular complexity index is 1640. The lowest BCUT2D eigenvalue weighted by Crippen LogP contribution is -2.47. The predicted octanol–water partition coefficient (Wildman–Crippen LogP) is 3.74. The zero-order valence-electron chi connectivity index (χ0n) is 23.4. The molecule has 1 saturated heterocycles. The minimum absolute atomic E-state index is 0.0156. The molecule has 2 atom stereocenters. The second kappa shape index (κ2) is 11.6. The molecule has 0 bridgehead atoms. The number of hydrogen-bond donors (Lipinski definition) is 1. The van der Waals surface area contributed by atoms with Crippen LogP contribution >= 0.6 is 0 Å². The van der Waals surface area contributed by atoms with Gasteiger partial charge in [-0.2, -0.15) is 0 Å². The average Bonchev–Trinajstić information content (AvgIpc) is 3.76. The first kappa shape index (κ1) is 27.4. The van der Waals surface area contributed by atoms with E-state index in [4.69, 9.17) is 14.2 Å². The van der Waals surface area contributed by atoms with Crippen LogP contribution in [0.25, 0.3) is 11.0 Å². The average molecular weight is 570 g/mol. The van der Waals surface area contributed by atoms with Crippen molar-refractivity contribution in [1.29, 1.82) is 0 Å². The normalized spacial score (nSPS) is 16.4. The number of nitrogens with one attached hydrogen (secondary N) is 1. The van der Waals surface area contributed by atoms with Crippen LogP contribution in [-0.2, 0) is 20.9 Å². The van der Waals surface area contributed by atoms with Crippen LogP contribution in [0.15, 0.2) is 60.7 Å². The van der Waals surface area contributed by atoms with Gasteiger partial charge in [0.25, 0.3) is 0 Å². The highest BCUT2D eigenvalue weighted by Gasteiger charge is 2.37. The molecule has 42 heavy (non-hydrogen) atoms. The summed E-state index contributed by atoms with van der Waals surface area (Å²) in [5.41, 5.74) is 3.33. The topological polar surface area (TPSA) is 125 Å². The number of benzene rings is 3. The maximum atomic E-state index is 14.4. The molecule has 2 aliphatic heterocycles. The molecule has 3 aromatic carbocycles. The standard InChI is InChI=1S/C31H31N5O6/c1-19-9-11-21(12-10-19)30(31(39)32-16-22-6-5-13-40-22)36(26-15-28-27(41-18-42-28)14-23(26)20(2)37)29(38)17-35-25-8-4-3-7-24(25)33-34-35/h3-4,7-12,14-15,22,30H,5-6,13,16-18H2,1-2H3,(H,32,39)/t22-,30+/m0/s1. The van der Waals surface area contributed by atoms with Gasteiger partial charge in [-0.1, -0.05) is 47.2 Å². The lowest BCUT2D eigenvalue weighted by Gasteiger charge is -2.33. The molecule has 0 spiro atoms. The predicted molar refractivity (Wildman–Crippen MR) is 153 cm³/mol. The van der Waals surface area contributed by atoms with E-state index in [9.17, 15) is 14.4 Å². The Morgan fingerprint density at radius 3 is 2.57 bits per heavy atom. The molecule has 1 fully saturated rings. The summed E-state index contributed by atoms with van der Waals surface area (Å²) in [6, 6.07) is 16.7. The molecule has 0 aliphatic carbocycles. The fourth-order valence-corrected chi connectivity index (χ4v) is 5.35. The number of anilines is 1. The van der Waals surface area contributed by atoms with Crippen molar-refractivity contribution < 1.29 is 28.6 Å². The van der Waals surface area contributed by atoms with Gasteiger partial charge in [-0.25, -0.2) is 4.68 Å². The van der Waals surface area contributed by atoms with Gasteiger partial charge >= 0.3 is 0 Å². The Morgan fingerprint density at radius 1 is 1.07 bits per heavy atom. The highest BCUT2D eigenvalue weighted by Crippen LogP contribution is 2.41. The zero-order chi connectivity index (χ0) is 29.2. The number of carbonyl (C=O) groups is 3. The largest absolute Gasteiger partial charge is 0.454 e. The van der Waals surface area contributed by atoms with Gasteiger partial charge in [0, 0.05) is 24.8 Å². The van der Waals surface area contributed by atoms with Crippen LogP contribution < -0.4 is 19.7 Å². The molecule has 11 nitrogen and oxygen atoms in total.